The van der Waals surface area contributed by atoms with E-state index in [9.17, 15) is 19.5 Å². The molecule has 0 aliphatic heterocycles. The third kappa shape index (κ3) is 55.6. The molecular formula is C62H120NO8+. The fourth-order valence-corrected chi connectivity index (χ4v) is 9.25. The Morgan fingerprint density at radius 1 is 0.408 bits per heavy atom. The SMILES string of the molecule is CCCCCCCCCC/C=C\CCCCCCCCCCCCCC(=O)OC(COC(=O)CCCCCCCCCCCCCCCCCCCCCCCCC)COC(OCC[N+](C)(C)C)C(=O)O. The van der Waals surface area contributed by atoms with Crippen molar-refractivity contribution < 1.29 is 42.9 Å². The van der Waals surface area contributed by atoms with E-state index in [2.05, 4.69) is 26.0 Å². The predicted octanol–water partition coefficient (Wildman–Crippen LogP) is 18.1. The lowest BCUT2D eigenvalue weighted by Gasteiger charge is -2.25. The Hall–Kier alpha value is -1.97. The summed E-state index contributed by atoms with van der Waals surface area (Å²) in [5.74, 6) is -1.98. The molecule has 0 spiro atoms. The number of allylic oxidation sites excluding steroid dienone is 2. The van der Waals surface area contributed by atoms with Crippen LogP contribution < -0.4 is 0 Å². The Morgan fingerprint density at radius 3 is 1.04 bits per heavy atom. The van der Waals surface area contributed by atoms with Gasteiger partial charge >= 0.3 is 17.9 Å². The number of hydrogen-bond donors (Lipinski definition) is 1. The first kappa shape index (κ1) is 69.0. The molecule has 0 bridgehead atoms. The highest BCUT2D eigenvalue weighted by atomic mass is 16.7. The zero-order valence-corrected chi connectivity index (χ0v) is 47.9. The molecule has 0 fully saturated rings. The first-order valence-corrected chi connectivity index (χ1v) is 30.9. The van der Waals surface area contributed by atoms with E-state index < -0.39 is 18.4 Å². The van der Waals surface area contributed by atoms with Crippen molar-refractivity contribution in [3.05, 3.63) is 12.2 Å². The number of rotatable bonds is 58. The van der Waals surface area contributed by atoms with Crippen LogP contribution in [0.2, 0.25) is 0 Å². The Morgan fingerprint density at radius 2 is 0.718 bits per heavy atom. The van der Waals surface area contributed by atoms with Crippen LogP contribution in [-0.2, 0) is 33.3 Å². The molecule has 0 saturated carbocycles. The highest BCUT2D eigenvalue weighted by Crippen LogP contribution is 2.18. The summed E-state index contributed by atoms with van der Waals surface area (Å²) < 4.78 is 22.9. The van der Waals surface area contributed by atoms with Gasteiger partial charge in [-0.05, 0) is 38.5 Å². The number of esters is 2. The maximum atomic E-state index is 12.9. The van der Waals surface area contributed by atoms with Crippen molar-refractivity contribution >= 4 is 17.9 Å². The van der Waals surface area contributed by atoms with Gasteiger partial charge in [0.25, 0.3) is 6.29 Å². The number of carbonyl (C=O) groups excluding carboxylic acids is 2. The minimum atomic E-state index is -1.51. The average molecular weight is 1010 g/mol. The molecule has 420 valence electrons. The van der Waals surface area contributed by atoms with Crippen LogP contribution in [0, 0.1) is 0 Å². The highest BCUT2D eigenvalue weighted by molar-refractivity contribution is 5.71. The topological polar surface area (TPSA) is 108 Å². The molecule has 0 aliphatic rings. The van der Waals surface area contributed by atoms with E-state index >= 15 is 0 Å². The highest BCUT2D eigenvalue weighted by Gasteiger charge is 2.25. The Bertz CT molecular complexity index is 1170. The van der Waals surface area contributed by atoms with Gasteiger partial charge in [0.1, 0.15) is 13.2 Å². The van der Waals surface area contributed by atoms with Crippen molar-refractivity contribution in [1.29, 1.82) is 0 Å². The number of carbonyl (C=O) groups is 3. The fourth-order valence-electron chi connectivity index (χ4n) is 9.25. The number of carboxylic acid groups (broad SMARTS) is 1. The Labute approximate surface area is 440 Å². The summed E-state index contributed by atoms with van der Waals surface area (Å²) in [6.07, 6.45) is 60.1. The molecule has 0 aromatic carbocycles. The van der Waals surface area contributed by atoms with Crippen LogP contribution >= 0.6 is 0 Å². The second-order valence-electron chi connectivity index (χ2n) is 22.4. The zero-order chi connectivity index (χ0) is 52.0. The fraction of sp³-hybridized carbons (Fsp3) is 0.919. The van der Waals surface area contributed by atoms with Gasteiger partial charge in [-0.3, -0.25) is 9.59 Å². The van der Waals surface area contributed by atoms with Gasteiger partial charge in [0.05, 0.1) is 34.4 Å². The lowest BCUT2D eigenvalue weighted by atomic mass is 10.0. The van der Waals surface area contributed by atoms with Gasteiger partial charge in [0, 0.05) is 12.8 Å². The molecule has 1 N–H and O–H groups in total. The molecule has 9 heteroatoms. The zero-order valence-electron chi connectivity index (χ0n) is 47.9. The molecule has 0 heterocycles. The summed E-state index contributed by atoms with van der Waals surface area (Å²) >= 11 is 0. The molecular weight excluding hydrogens is 887 g/mol. The van der Waals surface area contributed by atoms with Gasteiger partial charge in [0.2, 0.25) is 0 Å². The van der Waals surface area contributed by atoms with Gasteiger partial charge in [-0.1, -0.05) is 270 Å². The molecule has 0 amide bonds. The molecule has 9 nitrogen and oxygen atoms in total. The maximum absolute atomic E-state index is 12.9. The quantitative estimate of drug-likeness (QED) is 0.0211. The van der Waals surface area contributed by atoms with E-state index in [0.29, 0.717) is 17.4 Å². The van der Waals surface area contributed by atoms with Gasteiger partial charge in [0.15, 0.2) is 6.10 Å². The predicted molar refractivity (Wildman–Crippen MR) is 300 cm³/mol. The van der Waals surface area contributed by atoms with E-state index in [0.717, 1.165) is 38.5 Å². The van der Waals surface area contributed by atoms with Crippen molar-refractivity contribution in [2.45, 2.75) is 322 Å². The largest absolute Gasteiger partial charge is 0.477 e. The first-order chi connectivity index (χ1) is 34.6. The third-order valence-corrected chi connectivity index (χ3v) is 14.0. The van der Waals surface area contributed by atoms with E-state index in [1.807, 2.05) is 21.1 Å². The van der Waals surface area contributed by atoms with E-state index in [4.69, 9.17) is 18.9 Å². The number of nitrogens with zero attached hydrogens (tertiary/aromatic N) is 1. The van der Waals surface area contributed by atoms with Gasteiger partial charge in [-0.25, -0.2) is 4.79 Å². The van der Waals surface area contributed by atoms with Crippen LogP contribution in [0.4, 0.5) is 0 Å². The maximum Gasteiger partial charge on any atom is 0.361 e. The molecule has 0 saturated heterocycles. The van der Waals surface area contributed by atoms with Crippen molar-refractivity contribution in [2.24, 2.45) is 0 Å². The molecule has 2 unspecified atom stereocenters. The van der Waals surface area contributed by atoms with Crippen LogP contribution in [0.3, 0.4) is 0 Å². The number of hydrogen-bond acceptors (Lipinski definition) is 7. The number of unbranched alkanes of at least 4 members (excludes halogenated alkanes) is 41. The third-order valence-electron chi connectivity index (χ3n) is 14.0. The van der Waals surface area contributed by atoms with Crippen LogP contribution in [0.15, 0.2) is 12.2 Å². The summed E-state index contributed by atoms with van der Waals surface area (Å²) in [4.78, 5) is 37.5. The minimum Gasteiger partial charge on any atom is -0.477 e. The number of ether oxygens (including phenoxy) is 4. The summed E-state index contributed by atoms with van der Waals surface area (Å²) in [5.41, 5.74) is 0. The number of quaternary nitrogens is 1. The Kier molecular flexibility index (Phi) is 52.8. The monoisotopic (exact) mass is 1010 g/mol. The lowest BCUT2D eigenvalue weighted by molar-refractivity contribution is -0.870. The summed E-state index contributed by atoms with van der Waals surface area (Å²) in [7, 11) is 5.98. The van der Waals surface area contributed by atoms with Gasteiger partial charge < -0.3 is 28.5 Å². The Balaban J connectivity index is 4.17. The molecule has 0 aromatic heterocycles. The average Bonchev–Trinajstić information content (AvgIpc) is 3.34. The van der Waals surface area contributed by atoms with Crippen LogP contribution in [0.5, 0.6) is 0 Å². The van der Waals surface area contributed by atoms with Crippen molar-refractivity contribution in [2.75, 3.05) is 47.5 Å². The summed E-state index contributed by atoms with van der Waals surface area (Å²) in [6.45, 7) is 4.94. The van der Waals surface area contributed by atoms with Gasteiger partial charge in [-0.15, -0.1) is 0 Å². The molecule has 0 radical (unpaired) electrons. The number of aliphatic carboxylic acids is 1. The van der Waals surface area contributed by atoms with Crippen LogP contribution in [0.25, 0.3) is 0 Å². The van der Waals surface area contributed by atoms with Crippen molar-refractivity contribution in [3.8, 4) is 0 Å². The second-order valence-corrected chi connectivity index (χ2v) is 22.4. The molecule has 0 rings (SSSR count). The lowest BCUT2D eigenvalue weighted by Crippen LogP contribution is -2.40. The van der Waals surface area contributed by atoms with Crippen molar-refractivity contribution in [1.82, 2.24) is 0 Å². The summed E-state index contributed by atoms with van der Waals surface area (Å²) in [5, 5.41) is 9.71. The first-order valence-electron chi connectivity index (χ1n) is 30.9. The minimum absolute atomic E-state index is 0.175. The number of likely N-dealkylation sites (N-methyl/N-ethyl adjacent to an activating group) is 1. The molecule has 2 atom stereocenters. The second kappa shape index (κ2) is 54.3. The standard InChI is InChI=1S/C62H119NO8/c1-6-8-10-12-14-16-18-20-22-24-26-28-30-32-34-36-38-40-42-44-46-48-50-52-59(64)69-56-58(57-70-62(61(66)67)68-55-54-63(3,4)5)71-60(65)53-51-49-47-45-43-41-39-37-35-33-31-29-27-25-23-21-19-17-15-13-11-9-7-2/h25,27,58,62H,6-24,26,28-57H2,1-5H3/p+1/b27-25-. The summed E-state index contributed by atoms with van der Waals surface area (Å²) in [6, 6.07) is 0. The van der Waals surface area contributed by atoms with Crippen LogP contribution in [-0.4, -0.2) is 87.4 Å². The number of carboxylic acids is 1. The van der Waals surface area contributed by atoms with Crippen molar-refractivity contribution in [3.63, 3.8) is 0 Å². The smallest absolute Gasteiger partial charge is 0.361 e. The van der Waals surface area contributed by atoms with E-state index in [-0.39, 0.29) is 38.2 Å². The molecule has 0 aliphatic carbocycles. The normalized spacial score (nSPS) is 12.7. The van der Waals surface area contributed by atoms with Gasteiger partial charge in [-0.2, -0.15) is 0 Å². The van der Waals surface area contributed by atoms with Crippen LogP contribution in [0.1, 0.15) is 309 Å². The van der Waals surface area contributed by atoms with E-state index in [1.54, 1.807) is 0 Å². The molecule has 0 aromatic rings. The molecule has 71 heavy (non-hydrogen) atoms. The van der Waals surface area contributed by atoms with E-state index in [1.165, 1.54) is 244 Å².